The molecule has 1 amide bonds. The molecule has 0 aliphatic carbocycles. The maximum atomic E-state index is 11.5. The van der Waals surface area contributed by atoms with Crippen molar-refractivity contribution in [2.75, 3.05) is 18.0 Å². The summed E-state index contributed by atoms with van der Waals surface area (Å²) in [6.45, 7) is 3.88. The number of carbonyl (C=O) groups is 1. The second-order valence-electron chi connectivity index (χ2n) is 3.47. The van der Waals surface area contributed by atoms with Crippen LogP contribution >= 0.6 is 11.3 Å². The third-order valence-corrected chi connectivity index (χ3v) is 3.54. The fourth-order valence-corrected chi connectivity index (χ4v) is 2.46. The zero-order valence-corrected chi connectivity index (χ0v) is 9.38. The monoisotopic (exact) mass is 226 g/mol. The fourth-order valence-electron chi connectivity index (χ4n) is 1.57. The van der Waals surface area contributed by atoms with Gasteiger partial charge in [0.15, 0.2) is 5.13 Å². The molecule has 0 radical (unpaired) electrons. The summed E-state index contributed by atoms with van der Waals surface area (Å²) < 4.78 is 0. The predicted octanol–water partition coefficient (Wildman–Crippen LogP) is -0.0735. The number of nitrogens with zero attached hydrogens (tertiary/aromatic N) is 2. The van der Waals surface area contributed by atoms with E-state index in [1.807, 2.05) is 11.8 Å². The van der Waals surface area contributed by atoms with Gasteiger partial charge in [-0.3, -0.25) is 4.79 Å². The van der Waals surface area contributed by atoms with Crippen LogP contribution in [0.2, 0.25) is 0 Å². The molecule has 15 heavy (non-hydrogen) atoms. The summed E-state index contributed by atoms with van der Waals surface area (Å²) >= 11 is 1.55. The lowest BCUT2D eigenvalue weighted by Crippen LogP contribution is -2.54. The number of hydrogen-bond acceptors (Lipinski definition) is 5. The van der Waals surface area contributed by atoms with Gasteiger partial charge in [-0.25, -0.2) is 4.98 Å². The van der Waals surface area contributed by atoms with Crippen molar-refractivity contribution in [2.45, 2.75) is 19.5 Å². The highest BCUT2D eigenvalue weighted by atomic mass is 32.1. The van der Waals surface area contributed by atoms with Gasteiger partial charge < -0.3 is 16.0 Å². The molecule has 1 aromatic heterocycles. The number of hydrogen-bond donors (Lipinski definition) is 2. The second kappa shape index (κ2) is 4.16. The molecular formula is C9H14N4OS. The van der Waals surface area contributed by atoms with Gasteiger partial charge in [-0.1, -0.05) is 0 Å². The Labute approximate surface area is 92.3 Å². The van der Waals surface area contributed by atoms with Crippen molar-refractivity contribution >= 4 is 22.4 Å². The summed E-state index contributed by atoms with van der Waals surface area (Å²) in [6.07, 6.45) is 1.78. The third-order valence-electron chi connectivity index (χ3n) is 2.49. The molecule has 1 aromatic rings. The van der Waals surface area contributed by atoms with Crippen LogP contribution in [0.15, 0.2) is 6.20 Å². The first kappa shape index (κ1) is 10.4. The number of aromatic nitrogens is 1. The minimum atomic E-state index is -0.143. The Kier molecular flexibility index (Phi) is 2.88. The second-order valence-corrected chi connectivity index (χ2v) is 4.57. The topological polar surface area (TPSA) is 71.2 Å². The molecule has 2 rings (SSSR count). The SMILES string of the molecule is CC1C(=O)NCCN1c1ncc(CN)s1. The molecule has 0 saturated carbocycles. The lowest BCUT2D eigenvalue weighted by molar-refractivity contribution is -0.122. The third kappa shape index (κ3) is 1.95. The number of amides is 1. The van der Waals surface area contributed by atoms with Crippen LogP contribution in [0.25, 0.3) is 0 Å². The summed E-state index contributed by atoms with van der Waals surface area (Å²) in [6, 6.07) is -0.143. The minimum absolute atomic E-state index is 0.0609. The number of piperazine rings is 1. The van der Waals surface area contributed by atoms with Gasteiger partial charge in [0.2, 0.25) is 5.91 Å². The molecule has 1 unspecified atom stereocenters. The smallest absolute Gasteiger partial charge is 0.242 e. The van der Waals surface area contributed by atoms with Crippen LogP contribution in [0.3, 0.4) is 0 Å². The standard InChI is InChI=1S/C9H14N4OS/c1-6-8(14)11-2-3-13(6)9-12-5-7(4-10)15-9/h5-6H,2-4,10H2,1H3,(H,11,14). The van der Waals surface area contributed by atoms with E-state index < -0.39 is 0 Å². The van der Waals surface area contributed by atoms with Crippen LogP contribution in [0.5, 0.6) is 0 Å². The Hall–Kier alpha value is -1.14. The number of carbonyl (C=O) groups excluding carboxylic acids is 1. The number of thiazole rings is 1. The Morgan fingerprint density at radius 2 is 2.60 bits per heavy atom. The molecule has 0 spiro atoms. The van der Waals surface area contributed by atoms with Crippen molar-refractivity contribution in [1.82, 2.24) is 10.3 Å². The van der Waals surface area contributed by atoms with E-state index in [4.69, 9.17) is 5.73 Å². The highest BCUT2D eigenvalue weighted by molar-refractivity contribution is 7.15. The summed E-state index contributed by atoms with van der Waals surface area (Å²) in [4.78, 5) is 18.8. The van der Waals surface area contributed by atoms with Gasteiger partial charge >= 0.3 is 0 Å². The molecule has 6 heteroatoms. The molecule has 2 heterocycles. The van der Waals surface area contributed by atoms with E-state index >= 15 is 0 Å². The zero-order chi connectivity index (χ0) is 10.8. The molecule has 1 aliphatic heterocycles. The zero-order valence-electron chi connectivity index (χ0n) is 8.56. The Morgan fingerprint density at radius 1 is 1.80 bits per heavy atom. The molecule has 1 aliphatic rings. The van der Waals surface area contributed by atoms with Crippen LogP contribution in [0, 0.1) is 0 Å². The molecule has 1 saturated heterocycles. The van der Waals surface area contributed by atoms with Crippen molar-refractivity contribution in [1.29, 1.82) is 0 Å². The first-order valence-corrected chi connectivity index (χ1v) is 5.73. The summed E-state index contributed by atoms with van der Waals surface area (Å²) in [5, 5.41) is 3.71. The molecule has 1 fully saturated rings. The van der Waals surface area contributed by atoms with Gasteiger partial charge in [0, 0.05) is 30.7 Å². The molecule has 1 atom stereocenters. The van der Waals surface area contributed by atoms with Gasteiger partial charge in [0.1, 0.15) is 6.04 Å². The average molecular weight is 226 g/mol. The molecule has 0 bridgehead atoms. The van der Waals surface area contributed by atoms with Crippen molar-refractivity contribution in [3.05, 3.63) is 11.1 Å². The minimum Gasteiger partial charge on any atom is -0.353 e. The first-order valence-electron chi connectivity index (χ1n) is 4.91. The van der Waals surface area contributed by atoms with Crippen LogP contribution in [0.4, 0.5) is 5.13 Å². The van der Waals surface area contributed by atoms with Crippen molar-refractivity contribution < 1.29 is 4.79 Å². The summed E-state index contributed by atoms with van der Waals surface area (Å²) in [7, 11) is 0. The van der Waals surface area contributed by atoms with Gasteiger partial charge in [-0.05, 0) is 6.92 Å². The predicted molar refractivity (Wildman–Crippen MR) is 59.8 cm³/mol. The largest absolute Gasteiger partial charge is 0.353 e. The fraction of sp³-hybridized carbons (Fsp3) is 0.556. The van der Waals surface area contributed by atoms with Gasteiger partial charge in [-0.15, -0.1) is 11.3 Å². The van der Waals surface area contributed by atoms with E-state index in [1.165, 1.54) is 0 Å². The van der Waals surface area contributed by atoms with E-state index in [1.54, 1.807) is 17.5 Å². The number of nitrogens with one attached hydrogen (secondary N) is 1. The van der Waals surface area contributed by atoms with E-state index in [0.717, 1.165) is 16.6 Å². The quantitative estimate of drug-likeness (QED) is 0.740. The molecular weight excluding hydrogens is 212 g/mol. The summed E-state index contributed by atoms with van der Waals surface area (Å²) in [5.41, 5.74) is 5.53. The highest BCUT2D eigenvalue weighted by Gasteiger charge is 2.27. The van der Waals surface area contributed by atoms with E-state index in [-0.39, 0.29) is 11.9 Å². The molecule has 3 N–H and O–H groups in total. The first-order chi connectivity index (χ1) is 7.22. The maximum absolute atomic E-state index is 11.5. The van der Waals surface area contributed by atoms with Crippen molar-refractivity contribution in [3.8, 4) is 0 Å². The number of rotatable bonds is 2. The summed E-state index contributed by atoms with van der Waals surface area (Å²) in [5.74, 6) is 0.0609. The molecule has 82 valence electrons. The van der Waals surface area contributed by atoms with E-state index in [2.05, 4.69) is 10.3 Å². The van der Waals surface area contributed by atoms with E-state index in [9.17, 15) is 4.79 Å². The lowest BCUT2D eigenvalue weighted by Gasteiger charge is -2.32. The molecule has 5 nitrogen and oxygen atoms in total. The van der Waals surface area contributed by atoms with Crippen LogP contribution in [-0.4, -0.2) is 30.0 Å². The van der Waals surface area contributed by atoms with Crippen LogP contribution < -0.4 is 16.0 Å². The normalized spacial score (nSPS) is 21.6. The van der Waals surface area contributed by atoms with Gasteiger partial charge in [-0.2, -0.15) is 0 Å². The van der Waals surface area contributed by atoms with E-state index in [0.29, 0.717) is 13.1 Å². The van der Waals surface area contributed by atoms with Crippen molar-refractivity contribution in [3.63, 3.8) is 0 Å². The lowest BCUT2D eigenvalue weighted by atomic mass is 10.2. The van der Waals surface area contributed by atoms with Crippen LogP contribution in [-0.2, 0) is 11.3 Å². The average Bonchev–Trinajstić information content (AvgIpc) is 2.70. The highest BCUT2D eigenvalue weighted by Crippen LogP contribution is 2.24. The number of nitrogens with two attached hydrogens (primary N) is 1. The molecule has 0 aromatic carbocycles. The maximum Gasteiger partial charge on any atom is 0.242 e. The van der Waals surface area contributed by atoms with Gasteiger partial charge in [0.05, 0.1) is 0 Å². The Morgan fingerprint density at radius 3 is 3.27 bits per heavy atom. The number of anilines is 1. The van der Waals surface area contributed by atoms with Gasteiger partial charge in [0.25, 0.3) is 0 Å². The Balaban J connectivity index is 2.18. The van der Waals surface area contributed by atoms with Crippen molar-refractivity contribution in [2.24, 2.45) is 5.73 Å². The Bertz CT molecular complexity index is 365. The van der Waals surface area contributed by atoms with Crippen LogP contribution in [0.1, 0.15) is 11.8 Å².